The molecule has 1 N–H and O–H groups in total. The van der Waals surface area contributed by atoms with Gasteiger partial charge in [-0.25, -0.2) is 8.78 Å². The van der Waals surface area contributed by atoms with Crippen LogP contribution < -0.4 is 4.74 Å². The molecule has 0 aliphatic heterocycles. The predicted octanol–water partition coefficient (Wildman–Crippen LogP) is 1.98. The standard InChI is InChI=1S/C12H12F2O2/c1-9-7-10(3-2-6-15)4-5-11(9)16-8-12(13)14/h4-5,7,12,15H,6,8H2,1H3. The minimum Gasteiger partial charge on any atom is -0.487 e. The highest BCUT2D eigenvalue weighted by Crippen LogP contribution is 2.19. The molecule has 0 aliphatic carbocycles. The summed E-state index contributed by atoms with van der Waals surface area (Å²) in [7, 11) is 0. The molecule has 0 atom stereocenters. The Morgan fingerprint density at radius 3 is 2.75 bits per heavy atom. The molecule has 0 saturated heterocycles. The quantitative estimate of drug-likeness (QED) is 0.798. The van der Waals surface area contributed by atoms with Crippen LogP contribution in [0.5, 0.6) is 5.75 Å². The summed E-state index contributed by atoms with van der Waals surface area (Å²) in [6.45, 7) is 0.941. The summed E-state index contributed by atoms with van der Waals surface area (Å²) < 4.78 is 28.8. The number of rotatable bonds is 3. The van der Waals surface area contributed by atoms with Gasteiger partial charge in [0.15, 0.2) is 0 Å². The molecule has 0 aromatic heterocycles. The predicted molar refractivity (Wildman–Crippen MR) is 56.6 cm³/mol. The summed E-state index contributed by atoms with van der Waals surface area (Å²) >= 11 is 0. The Kier molecular flexibility index (Phi) is 4.74. The number of hydrogen-bond donors (Lipinski definition) is 1. The number of aliphatic hydroxyl groups excluding tert-OH is 1. The molecule has 2 nitrogen and oxygen atoms in total. The number of halogens is 2. The van der Waals surface area contributed by atoms with Gasteiger partial charge in [0.05, 0.1) is 0 Å². The molecular weight excluding hydrogens is 214 g/mol. The highest BCUT2D eigenvalue weighted by Gasteiger charge is 2.05. The van der Waals surface area contributed by atoms with Crippen LogP contribution in [0.1, 0.15) is 11.1 Å². The molecule has 0 unspecified atom stereocenters. The molecule has 0 spiro atoms. The van der Waals surface area contributed by atoms with Gasteiger partial charge in [-0.15, -0.1) is 0 Å². The van der Waals surface area contributed by atoms with Crippen molar-refractivity contribution in [1.82, 2.24) is 0 Å². The maximum Gasteiger partial charge on any atom is 0.272 e. The van der Waals surface area contributed by atoms with Gasteiger partial charge >= 0.3 is 0 Å². The second-order valence-corrected chi connectivity index (χ2v) is 3.14. The topological polar surface area (TPSA) is 29.5 Å². The lowest BCUT2D eigenvalue weighted by Crippen LogP contribution is -2.07. The molecule has 1 aromatic carbocycles. The molecular formula is C12H12F2O2. The highest BCUT2D eigenvalue weighted by atomic mass is 19.3. The Labute approximate surface area is 92.9 Å². The van der Waals surface area contributed by atoms with Crippen molar-refractivity contribution in [2.45, 2.75) is 13.3 Å². The first kappa shape index (κ1) is 12.5. The molecule has 0 amide bonds. The van der Waals surface area contributed by atoms with E-state index >= 15 is 0 Å². The monoisotopic (exact) mass is 226 g/mol. The van der Waals surface area contributed by atoms with E-state index in [1.54, 1.807) is 25.1 Å². The van der Waals surface area contributed by atoms with E-state index in [1.807, 2.05) is 0 Å². The van der Waals surface area contributed by atoms with Gasteiger partial charge in [-0.3, -0.25) is 0 Å². The SMILES string of the molecule is Cc1cc(C#CCO)ccc1OCC(F)F. The molecule has 0 fully saturated rings. The van der Waals surface area contributed by atoms with Crippen molar-refractivity contribution in [3.8, 4) is 17.6 Å². The van der Waals surface area contributed by atoms with Crippen LogP contribution in [-0.4, -0.2) is 24.7 Å². The molecule has 86 valence electrons. The second kappa shape index (κ2) is 6.09. The van der Waals surface area contributed by atoms with Crippen LogP contribution in [0.15, 0.2) is 18.2 Å². The Bertz CT molecular complexity index is 405. The van der Waals surface area contributed by atoms with E-state index < -0.39 is 13.0 Å². The van der Waals surface area contributed by atoms with E-state index in [2.05, 4.69) is 11.8 Å². The number of benzene rings is 1. The Morgan fingerprint density at radius 1 is 1.44 bits per heavy atom. The van der Waals surface area contributed by atoms with Crippen molar-refractivity contribution in [3.05, 3.63) is 29.3 Å². The first-order chi connectivity index (χ1) is 7.63. The van der Waals surface area contributed by atoms with Gasteiger partial charge in [-0.1, -0.05) is 11.8 Å². The number of hydrogen-bond acceptors (Lipinski definition) is 2. The maximum absolute atomic E-state index is 11.9. The fraction of sp³-hybridized carbons (Fsp3) is 0.333. The molecule has 1 rings (SSSR count). The van der Waals surface area contributed by atoms with Gasteiger partial charge in [-0.2, -0.15) is 0 Å². The van der Waals surface area contributed by atoms with E-state index in [1.165, 1.54) is 0 Å². The number of alkyl halides is 2. The molecule has 1 aromatic rings. The van der Waals surface area contributed by atoms with Crippen molar-refractivity contribution in [3.63, 3.8) is 0 Å². The summed E-state index contributed by atoms with van der Waals surface area (Å²) in [5.74, 6) is 5.66. The number of aryl methyl sites for hydroxylation is 1. The third-order valence-corrected chi connectivity index (χ3v) is 1.85. The Hall–Kier alpha value is -1.60. The minimum absolute atomic E-state index is 0.206. The van der Waals surface area contributed by atoms with Gasteiger partial charge in [0, 0.05) is 5.56 Å². The lowest BCUT2D eigenvalue weighted by molar-refractivity contribution is 0.0816. The third kappa shape index (κ3) is 3.87. The van der Waals surface area contributed by atoms with Crippen LogP contribution in [0.2, 0.25) is 0 Å². The van der Waals surface area contributed by atoms with E-state index in [4.69, 9.17) is 9.84 Å². The Balaban J connectivity index is 2.75. The molecule has 0 bridgehead atoms. The average molecular weight is 226 g/mol. The van der Waals surface area contributed by atoms with Crippen LogP contribution in [0.3, 0.4) is 0 Å². The van der Waals surface area contributed by atoms with Crippen LogP contribution in [0, 0.1) is 18.8 Å². The normalized spacial score (nSPS) is 9.81. The number of aliphatic hydroxyl groups is 1. The fourth-order valence-corrected chi connectivity index (χ4v) is 1.18. The average Bonchev–Trinajstić information content (AvgIpc) is 2.24. The zero-order valence-corrected chi connectivity index (χ0v) is 8.84. The first-order valence-electron chi connectivity index (χ1n) is 4.75. The van der Waals surface area contributed by atoms with Gasteiger partial charge in [0.25, 0.3) is 6.43 Å². The highest BCUT2D eigenvalue weighted by molar-refractivity contribution is 5.43. The van der Waals surface area contributed by atoms with Crippen molar-refractivity contribution in [2.75, 3.05) is 13.2 Å². The molecule has 16 heavy (non-hydrogen) atoms. The van der Waals surface area contributed by atoms with Crippen LogP contribution in [0.4, 0.5) is 8.78 Å². The minimum atomic E-state index is -2.48. The first-order valence-corrected chi connectivity index (χ1v) is 4.75. The summed E-state index contributed by atoms with van der Waals surface area (Å²) in [6, 6.07) is 4.99. The van der Waals surface area contributed by atoms with E-state index in [0.717, 1.165) is 11.1 Å². The van der Waals surface area contributed by atoms with E-state index in [0.29, 0.717) is 5.75 Å². The largest absolute Gasteiger partial charge is 0.487 e. The zero-order valence-electron chi connectivity index (χ0n) is 8.84. The summed E-state index contributed by atoms with van der Waals surface area (Å²) in [6.07, 6.45) is -2.48. The summed E-state index contributed by atoms with van der Waals surface area (Å²) in [4.78, 5) is 0. The van der Waals surface area contributed by atoms with E-state index in [-0.39, 0.29) is 6.61 Å². The van der Waals surface area contributed by atoms with Crippen molar-refractivity contribution in [2.24, 2.45) is 0 Å². The lowest BCUT2D eigenvalue weighted by Gasteiger charge is -2.08. The van der Waals surface area contributed by atoms with Crippen LogP contribution in [-0.2, 0) is 0 Å². The maximum atomic E-state index is 11.9. The van der Waals surface area contributed by atoms with Gasteiger partial charge < -0.3 is 9.84 Å². The third-order valence-electron chi connectivity index (χ3n) is 1.85. The fourth-order valence-electron chi connectivity index (χ4n) is 1.18. The summed E-state index contributed by atoms with van der Waals surface area (Å²) in [5, 5.41) is 8.52. The molecule has 0 heterocycles. The molecule has 0 aliphatic rings. The molecule has 0 radical (unpaired) electrons. The van der Waals surface area contributed by atoms with Crippen molar-refractivity contribution < 1.29 is 18.6 Å². The van der Waals surface area contributed by atoms with E-state index in [9.17, 15) is 8.78 Å². The lowest BCUT2D eigenvalue weighted by atomic mass is 10.1. The van der Waals surface area contributed by atoms with Gasteiger partial charge in [0.1, 0.15) is 19.0 Å². The van der Waals surface area contributed by atoms with Crippen molar-refractivity contribution >= 4 is 0 Å². The second-order valence-electron chi connectivity index (χ2n) is 3.14. The zero-order chi connectivity index (χ0) is 12.0. The molecule has 0 saturated carbocycles. The van der Waals surface area contributed by atoms with Gasteiger partial charge in [-0.05, 0) is 30.7 Å². The van der Waals surface area contributed by atoms with Gasteiger partial charge in [0.2, 0.25) is 0 Å². The number of ether oxygens (including phenoxy) is 1. The van der Waals surface area contributed by atoms with Crippen LogP contribution in [0.25, 0.3) is 0 Å². The molecule has 4 heteroatoms. The van der Waals surface area contributed by atoms with Crippen LogP contribution >= 0.6 is 0 Å². The Morgan fingerprint density at radius 2 is 2.19 bits per heavy atom. The smallest absolute Gasteiger partial charge is 0.272 e. The summed E-state index contributed by atoms with van der Waals surface area (Å²) in [5.41, 5.74) is 1.46. The van der Waals surface area contributed by atoms with Crippen molar-refractivity contribution in [1.29, 1.82) is 0 Å².